The van der Waals surface area contributed by atoms with E-state index in [1.54, 1.807) is 0 Å². The van der Waals surface area contributed by atoms with E-state index >= 15 is 0 Å². The number of piperidine rings is 1. The molecule has 0 aromatic carbocycles. The summed E-state index contributed by atoms with van der Waals surface area (Å²) in [5, 5.41) is 3.53. The average molecular weight is 255 g/mol. The molecule has 0 bridgehead atoms. The van der Waals surface area contributed by atoms with E-state index in [1.807, 2.05) is 6.92 Å². The van der Waals surface area contributed by atoms with E-state index < -0.39 is 0 Å². The number of carbonyl (C=O) groups is 1. The van der Waals surface area contributed by atoms with Crippen molar-refractivity contribution in [2.24, 2.45) is 23.5 Å². The molecule has 0 radical (unpaired) electrons. The van der Waals surface area contributed by atoms with Gasteiger partial charge in [-0.1, -0.05) is 20.8 Å². The Bertz CT molecular complexity index is 255. The van der Waals surface area contributed by atoms with Crippen LogP contribution in [0.25, 0.3) is 0 Å². The van der Waals surface area contributed by atoms with Gasteiger partial charge in [-0.25, -0.2) is 0 Å². The molecule has 1 saturated heterocycles. The molecule has 4 heteroatoms. The normalized spacial score (nSPS) is 23.2. The predicted molar refractivity (Wildman–Crippen MR) is 75.2 cm³/mol. The van der Waals surface area contributed by atoms with Gasteiger partial charge < -0.3 is 16.0 Å². The molecule has 1 heterocycles. The molecular formula is C14H29N3O. The first kappa shape index (κ1) is 15.4. The van der Waals surface area contributed by atoms with Crippen LogP contribution in [0.2, 0.25) is 0 Å². The largest absolute Gasteiger partial charge is 0.369 e. The summed E-state index contributed by atoms with van der Waals surface area (Å²) in [7, 11) is 0. The fraction of sp³-hybridized carbons (Fsp3) is 0.929. The van der Waals surface area contributed by atoms with E-state index in [4.69, 9.17) is 5.73 Å². The highest BCUT2D eigenvalue weighted by atomic mass is 16.1. The number of carbonyl (C=O) groups excluding carboxylic acids is 1. The quantitative estimate of drug-likeness (QED) is 0.715. The fourth-order valence-corrected chi connectivity index (χ4v) is 2.54. The Kier molecular flexibility index (Phi) is 6.65. The lowest BCUT2D eigenvalue weighted by atomic mass is 9.96. The second-order valence-electron chi connectivity index (χ2n) is 6.12. The van der Waals surface area contributed by atoms with Crippen molar-refractivity contribution >= 4 is 5.91 Å². The maximum Gasteiger partial charge on any atom is 0.221 e. The summed E-state index contributed by atoms with van der Waals surface area (Å²) in [4.78, 5) is 13.5. The Morgan fingerprint density at radius 3 is 2.78 bits per heavy atom. The first-order chi connectivity index (χ1) is 8.49. The number of nitrogens with zero attached hydrogens (tertiary/aromatic N) is 1. The van der Waals surface area contributed by atoms with Crippen LogP contribution in [0.5, 0.6) is 0 Å². The second kappa shape index (κ2) is 7.74. The molecule has 4 nitrogen and oxygen atoms in total. The van der Waals surface area contributed by atoms with Crippen LogP contribution in [-0.4, -0.2) is 43.5 Å². The van der Waals surface area contributed by atoms with Crippen LogP contribution in [0.4, 0.5) is 0 Å². The van der Waals surface area contributed by atoms with Crippen molar-refractivity contribution in [3.8, 4) is 0 Å². The highest BCUT2D eigenvalue weighted by Crippen LogP contribution is 2.16. The molecule has 0 saturated carbocycles. The molecule has 0 aliphatic carbocycles. The monoisotopic (exact) mass is 255 g/mol. The van der Waals surface area contributed by atoms with E-state index in [0.29, 0.717) is 5.92 Å². The molecule has 2 atom stereocenters. The van der Waals surface area contributed by atoms with E-state index in [-0.39, 0.29) is 11.8 Å². The van der Waals surface area contributed by atoms with E-state index in [1.165, 1.54) is 12.8 Å². The van der Waals surface area contributed by atoms with Gasteiger partial charge in [-0.3, -0.25) is 4.79 Å². The van der Waals surface area contributed by atoms with Gasteiger partial charge in [0.05, 0.1) is 0 Å². The van der Waals surface area contributed by atoms with Crippen molar-refractivity contribution in [1.29, 1.82) is 0 Å². The van der Waals surface area contributed by atoms with Crippen LogP contribution in [0.1, 0.15) is 33.6 Å². The minimum absolute atomic E-state index is 0.0348. The number of nitrogens with one attached hydrogen (secondary N) is 1. The molecular weight excluding hydrogens is 226 g/mol. The molecule has 1 amide bonds. The van der Waals surface area contributed by atoms with Crippen molar-refractivity contribution in [3.05, 3.63) is 0 Å². The molecule has 0 aromatic rings. The van der Waals surface area contributed by atoms with Crippen molar-refractivity contribution < 1.29 is 4.79 Å². The third-order valence-corrected chi connectivity index (χ3v) is 3.61. The Morgan fingerprint density at radius 1 is 1.44 bits per heavy atom. The fourth-order valence-electron chi connectivity index (χ4n) is 2.54. The molecule has 0 spiro atoms. The Labute approximate surface area is 111 Å². The Balaban J connectivity index is 2.25. The molecule has 1 aliphatic heterocycles. The number of hydrogen-bond acceptors (Lipinski definition) is 3. The summed E-state index contributed by atoms with van der Waals surface area (Å²) in [6.45, 7) is 11.6. The van der Waals surface area contributed by atoms with Gasteiger partial charge in [-0.2, -0.15) is 0 Å². The van der Waals surface area contributed by atoms with E-state index in [9.17, 15) is 4.79 Å². The number of likely N-dealkylation sites (tertiary alicyclic amines) is 1. The summed E-state index contributed by atoms with van der Waals surface area (Å²) >= 11 is 0. The zero-order chi connectivity index (χ0) is 13.5. The lowest BCUT2D eigenvalue weighted by Gasteiger charge is -2.34. The first-order valence-electron chi connectivity index (χ1n) is 7.21. The third kappa shape index (κ3) is 5.83. The topological polar surface area (TPSA) is 58.4 Å². The van der Waals surface area contributed by atoms with Gasteiger partial charge in [0.25, 0.3) is 0 Å². The van der Waals surface area contributed by atoms with Crippen molar-refractivity contribution in [2.45, 2.75) is 33.6 Å². The maximum atomic E-state index is 11.1. The van der Waals surface area contributed by atoms with Crippen molar-refractivity contribution in [2.75, 3.05) is 32.7 Å². The first-order valence-corrected chi connectivity index (χ1v) is 7.21. The molecule has 1 aliphatic rings. The summed E-state index contributed by atoms with van der Waals surface area (Å²) in [5.41, 5.74) is 5.32. The summed E-state index contributed by atoms with van der Waals surface area (Å²) < 4.78 is 0. The molecule has 106 valence electrons. The van der Waals surface area contributed by atoms with E-state index in [0.717, 1.165) is 38.6 Å². The van der Waals surface area contributed by atoms with Gasteiger partial charge in [0, 0.05) is 19.0 Å². The van der Waals surface area contributed by atoms with Crippen molar-refractivity contribution in [1.82, 2.24) is 10.2 Å². The number of amides is 1. The minimum atomic E-state index is -0.185. The third-order valence-electron chi connectivity index (χ3n) is 3.61. The highest BCUT2D eigenvalue weighted by molar-refractivity contribution is 5.76. The van der Waals surface area contributed by atoms with Gasteiger partial charge in [0.15, 0.2) is 0 Å². The highest BCUT2D eigenvalue weighted by Gasteiger charge is 2.22. The SMILES string of the molecule is CC(C)CNCC1CCCN(CC(C)C(N)=O)C1. The van der Waals surface area contributed by atoms with Crippen molar-refractivity contribution in [3.63, 3.8) is 0 Å². The van der Waals surface area contributed by atoms with Crippen LogP contribution in [0.15, 0.2) is 0 Å². The zero-order valence-electron chi connectivity index (χ0n) is 12.1. The second-order valence-corrected chi connectivity index (χ2v) is 6.12. The van der Waals surface area contributed by atoms with Crippen LogP contribution in [-0.2, 0) is 4.79 Å². The molecule has 3 N–H and O–H groups in total. The van der Waals surface area contributed by atoms with Gasteiger partial charge in [0.2, 0.25) is 5.91 Å². The lowest BCUT2D eigenvalue weighted by Crippen LogP contribution is -2.43. The predicted octanol–water partition coefficient (Wildman–Crippen LogP) is 1.07. The number of nitrogens with two attached hydrogens (primary N) is 1. The van der Waals surface area contributed by atoms with Crippen LogP contribution in [0, 0.1) is 17.8 Å². The number of primary amides is 1. The number of hydrogen-bond donors (Lipinski definition) is 2. The van der Waals surface area contributed by atoms with Crippen LogP contribution < -0.4 is 11.1 Å². The lowest BCUT2D eigenvalue weighted by molar-refractivity contribution is -0.122. The summed E-state index contributed by atoms with van der Waals surface area (Å²) in [6, 6.07) is 0. The average Bonchev–Trinajstić information content (AvgIpc) is 2.28. The minimum Gasteiger partial charge on any atom is -0.369 e. The Morgan fingerprint density at radius 2 is 2.17 bits per heavy atom. The summed E-state index contributed by atoms with van der Waals surface area (Å²) in [6.07, 6.45) is 2.53. The molecule has 0 aromatic heterocycles. The molecule has 2 unspecified atom stereocenters. The van der Waals surface area contributed by atoms with Gasteiger partial charge in [-0.15, -0.1) is 0 Å². The number of rotatable bonds is 7. The van der Waals surface area contributed by atoms with Gasteiger partial charge in [0.1, 0.15) is 0 Å². The van der Waals surface area contributed by atoms with Crippen LogP contribution in [0.3, 0.4) is 0 Å². The van der Waals surface area contributed by atoms with E-state index in [2.05, 4.69) is 24.1 Å². The maximum absolute atomic E-state index is 11.1. The zero-order valence-corrected chi connectivity index (χ0v) is 12.1. The standard InChI is InChI=1S/C14H29N3O/c1-11(2)7-16-8-13-5-4-6-17(10-13)9-12(3)14(15)18/h11-13,16H,4-10H2,1-3H3,(H2,15,18). The Hall–Kier alpha value is -0.610. The molecule has 1 rings (SSSR count). The smallest absolute Gasteiger partial charge is 0.221 e. The summed E-state index contributed by atoms with van der Waals surface area (Å²) in [5.74, 6) is 1.21. The van der Waals surface area contributed by atoms with Gasteiger partial charge >= 0.3 is 0 Å². The van der Waals surface area contributed by atoms with Gasteiger partial charge in [-0.05, 0) is 44.3 Å². The van der Waals surface area contributed by atoms with Crippen LogP contribution >= 0.6 is 0 Å². The molecule has 18 heavy (non-hydrogen) atoms. The molecule has 1 fully saturated rings.